The number of amides is 1. The predicted molar refractivity (Wildman–Crippen MR) is 285 cm³/mol. The molecule has 0 bridgehead atoms. The van der Waals surface area contributed by atoms with Crippen LogP contribution in [0.4, 0.5) is 0 Å². The van der Waals surface area contributed by atoms with Crippen molar-refractivity contribution < 1.29 is 15.0 Å². The summed E-state index contributed by atoms with van der Waals surface area (Å²) in [5.41, 5.74) is 0. The van der Waals surface area contributed by atoms with E-state index in [1.807, 2.05) is 6.08 Å². The standard InChI is InChI=1S/C60H113NO3/c1-3-5-7-9-11-13-15-17-19-21-23-24-25-26-27-28-29-30-31-32-33-34-35-36-38-39-41-43-45-47-49-51-53-55-59(63)58(57-62)61-60(64)56-54-52-50-48-46-44-42-40-37-22-20-18-16-14-12-10-8-6-4-2/h12,14,18,20,37,40,53,55,58-59,62-63H,3-11,13,15-17,19,21-36,38-39,41-52,54,56-57H2,1-2H3,(H,61,64)/b14-12-,20-18-,40-37-,55-53+. The van der Waals surface area contributed by atoms with Gasteiger partial charge in [0.15, 0.2) is 0 Å². The van der Waals surface area contributed by atoms with Crippen molar-refractivity contribution in [2.75, 3.05) is 6.61 Å². The van der Waals surface area contributed by atoms with Crippen LogP contribution in [0.2, 0.25) is 0 Å². The highest BCUT2D eigenvalue weighted by Crippen LogP contribution is 2.17. The smallest absolute Gasteiger partial charge is 0.220 e. The van der Waals surface area contributed by atoms with Crippen LogP contribution in [0.3, 0.4) is 0 Å². The average molecular weight is 897 g/mol. The third kappa shape index (κ3) is 51.3. The minimum absolute atomic E-state index is 0.0742. The summed E-state index contributed by atoms with van der Waals surface area (Å²) >= 11 is 0. The van der Waals surface area contributed by atoms with Gasteiger partial charge in [0.05, 0.1) is 18.8 Å². The molecule has 0 rings (SSSR count). The van der Waals surface area contributed by atoms with Gasteiger partial charge >= 0.3 is 0 Å². The molecule has 0 spiro atoms. The van der Waals surface area contributed by atoms with E-state index in [4.69, 9.17) is 0 Å². The first kappa shape index (κ1) is 62.4. The maximum atomic E-state index is 12.4. The Bertz CT molecular complexity index is 1020. The lowest BCUT2D eigenvalue weighted by molar-refractivity contribution is -0.123. The third-order valence-electron chi connectivity index (χ3n) is 13.3. The molecule has 3 N–H and O–H groups in total. The first-order valence-electron chi connectivity index (χ1n) is 28.9. The summed E-state index contributed by atoms with van der Waals surface area (Å²) in [6.07, 6.45) is 77.1. The molecule has 2 atom stereocenters. The third-order valence-corrected chi connectivity index (χ3v) is 13.3. The molecule has 0 aromatic carbocycles. The molecule has 0 saturated heterocycles. The Kier molecular flexibility index (Phi) is 54.2. The molecule has 0 fully saturated rings. The SMILES string of the molecule is CCCCC/C=C\C/C=C\C/C=C\CCCCCCCCC(=O)NC(CO)C(O)/C=C/CCCCCCCCCCCCCCCCCCCCCCCCCCCCCCCCC. The summed E-state index contributed by atoms with van der Waals surface area (Å²) in [7, 11) is 0. The van der Waals surface area contributed by atoms with Gasteiger partial charge in [-0.05, 0) is 57.8 Å². The van der Waals surface area contributed by atoms with Gasteiger partial charge in [-0.2, -0.15) is 0 Å². The number of carbonyl (C=O) groups is 1. The molecular weight excluding hydrogens is 783 g/mol. The maximum Gasteiger partial charge on any atom is 0.220 e. The van der Waals surface area contributed by atoms with E-state index in [-0.39, 0.29) is 12.5 Å². The van der Waals surface area contributed by atoms with Crippen LogP contribution in [0, 0.1) is 0 Å². The maximum absolute atomic E-state index is 12.4. The zero-order valence-corrected chi connectivity index (χ0v) is 43.3. The van der Waals surface area contributed by atoms with Crippen molar-refractivity contribution in [1.29, 1.82) is 0 Å². The molecule has 0 heterocycles. The number of hydrogen-bond donors (Lipinski definition) is 3. The average Bonchev–Trinajstić information content (AvgIpc) is 3.30. The highest BCUT2D eigenvalue weighted by Gasteiger charge is 2.18. The molecule has 0 aromatic rings. The molecule has 0 saturated carbocycles. The highest BCUT2D eigenvalue weighted by molar-refractivity contribution is 5.76. The number of carbonyl (C=O) groups excluding carboxylic acids is 1. The van der Waals surface area contributed by atoms with Gasteiger partial charge in [-0.15, -0.1) is 0 Å². The number of allylic oxidation sites excluding steroid dienone is 7. The Hall–Kier alpha value is -1.65. The molecule has 0 radical (unpaired) electrons. The van der Waals surface area contributed by atoms with Gasteiger partial charge in [0.2, 0.25) is 5.91 Å². The largest absolute Gasteiger partial charge is 0.394 e. The minimum atomic E-state index is -0.847. The van der Waals surface area contributed by atoms with Gasteiger partial charge in [0, 0.05) is 6.42 Å². The quantitative estimate of drug-likeness (QED) is 0.0421. The van der Waals surface area contributed by atoms with Crippen LogP contribution in [0.15, 0.2) is 48.6 Å². The monoisotopic (exact) mass is 896 g/mol. The predicted octanol–water partition coefficient (Wildman–Crippen LogP) is 19.0. The minimum Gasteiger partial charge on any atom is -0.394 e. The molecular formula is C60H113NO3. The zero-order valence-electron chi connectivity index (χ0n) is 43.3. The second kappa shape index (κ2) is 55.7. The Morgan fingerprint density at radius 1 is 0.375 bits per heavy atom. The van der Waals surface area contributed by atoms with Crippen LogP contribution in [-0.4, -0.2) is 34.9 Å². The van der Waals surface area contributed by atoms with E-state index in [2.05, 4.69) is 55.6 Å². The molecule has 4 nitrogen and oxygen atoms in total. The van der Waals surface area contributed by atoms with E-state index in [0.29, 0.717) is 6.42 Å². The van der Waals surface area contributed by atoms with Crippen LogP contribution < -0.4 is 5.32 Å². The normalized spacial score (nSPS) is 13.1. The van der Waals surface area contributed by atoms with Crippen molar-refractivity contribution in [1.82, 2.24) is 5.32 Å². The Labute approximate surface area is 401 Å². The Morgan fingerprint density at radius 3 is 0.984 bits per heavy atom. The van der Waals surface area contributed by atoms with Crippen molar-refractivity contribution in [2.24, 2.45) is 0 Å². The van der Waals surface area contributed by atoms with Gasteiger partial charge in [-0.3, -0.25) is 4.79 Å². The van der Waals surface area contributed by atoms with Crippen molar-refractivity contribution in [2.45, 2.75) is 321 Å². The van der Waals surface area contributed by atoms with Crippen molar-refractivity contribution in [3.8, 4) is 0 Å². The summed E-state index contributed by atoms with van der Waals surface area (Å²) in [5, 5.41) is 23.2. The second-order valence-electron chi connectivity index (χ2n) is 19.7. The van der Waals surface area contributed by atoms with Crippen LogP contribution >= 0.6 is 0 Å². The topological polar surface area (TPSA) is 69.6 Å². The fourth-order valence-corrected chi connectivity index (χ4v) is 8.89. The fourth-order valence-electron chi connectivity index (χ4n) is 8.89. The number of aliphatic hydroxyl groups is 2. The number of unbranched alkanes of at least 4 members (excludes halogenated alkanes) is 40. The number of aliphatic hydroxyl groups excluding tert-OH is 2. The highest BCUT2D eigenvalue weighted by atomic mass is 16.3. The fraction of sp³-hybridized carbons (Fsp3) is 0.850. The van der Waals surface area contributed by atoms with Gasteiger partial charge in [-0.1, -0.05) is 294 Å². The summed E-state index contributed by atoms with van der Waals surface area (Å²) in [6, 6.07) is -0.632. The van der Waals surface area contributed by atoms with Crippen LogP contribution in [0.25, 0.3) is 0 Å². The zero-order chi connectivity index (χ0) is 46.3. The van der Waals surface area contributed by atoms with Crippen LogP contribution in [-0.2, 0) is 4.79 Å². The lowest BCUT2D eigenvalue weighted by atomic mass is 10.0. The lowest BCUT2D eigenvalue weighted by Crippen LogP contribution is -2.45. The molecule has 0 aliphatic carbocycles. The molecule has 4 heteroatoms. The first-order chi connectivity index (χ1) is 31.7. The summed E-state index contributed by atoms with van der Waals surface area (Å²) in [6.45, 7) is 4.30. The molecule has 2 unspecified atom stereocenters. The molecule has 0 aliphatic rings. The second-order valence-corrected chi connectivity index (χ2v) is 19.7. The van der Waals surface area contributed by atoms with Crippen molar-refractivity contribution in [3.63, 3.8) is 0 Å². The molecule has 0 aromatic heterocycles. The first-order valence-corrected chi connectivity index (χ1v) is 28.9. The van der Waals surface area contributed by atoms with E-state index < -0.39 is 12.1 Å². The molecule has 64 heavy (non-hydrogen) atoms. The molecule has 0 aliphatic heterocycles. The Morgan fingerprint density at radius 2 is 0.641 bits per heavy atom. The lowest BCUT2D eigenvalue weighted by Gasteiger charge is -2.20. The summed E-state index contributed by atoms with van der Waals surface area (Å²) in [4.78, 5) is 12.4. The molecule has 1 amide bonds. The van der Waals surface area contributed by atoms with Crippen molar-refractivity contribution >= 4 is 5.91 Å². The van der Waals surface area contributed by atoms with Gasteiger partial charge in [0.1, 0.15) is 0 Å². The van der Waals surface area contributed by atoms with E-state index in [1.165, 1.54) is 238 Å². The van der Waals surface area contributed by atoms with Gasteiger partial charge in [0.25, 0.3) is 0 Å². The number of hydrogen-bond acceptors (Lipinski definition) is 3. The van der Waals surface area contributed by atoms with E-state index in [9.17, 15) is 15.0 Å². The molecule has 376 valence electrons. The van der Waals surface area contributed by atoms with Crippen molar-refractivity contribution in [3.05, 3.63) is 48.6 Å². The van der Waals surface area contributed by atoms with Crippen LogP contribution in [0.5, 0.6) is 0 Å². The van der Waals surface area contributed by atoms with Gasteiger partial charge < -0.3 is 15.5 Å². The van der Waals surface area contributed by atoms with E-state index >= 15 is 0 Å². The number of rotatable bonds is 53. The van der Waals surface area contributed by atoms with Gasteiger partial charge in [-0.25, -0.2) is 0 Å². The van der Waals surface area contributed by atoms with E-state index in [1.54, 1.807) is 6.08 Å². The Balaban J connectivity index is 3.47. The summed E-state index contributed by atoms with van der Waals surface area (Å²) in [5.74, 6) is -0.0742. The van der Waals surface area contributed by atoms with Crippen LogP contribution in [0.1, 0.15) is 309 Å². The van der Waals surface area contributed by atoms with E-state index in [0.717, 1.165) is 51.4 Å². The number of nitrogens with one attached hydrogen (secondary N) is 1. The summed E-state index contributed by atoms with van der Waals surface area (Å²) < 4.78 is 0.